The second-order valence-corrected chi connectivity index (χ2v) is 7.02. The average molecular weight is 283 g/mol. The molecule has 1 N–H and O–H groups in total. The zero-order chi connectivity index (χ0) is 14.8. The molecule has 1 aliphatic heterocycles. The Bertz CT molecular complexity index is 352. The van der Waals surface area contributed by atoms with Crippen LogP contribution in [0, 0.1) is 11.3 Å². The monoisotopic (exact) mass is 283 g/mol. The predicted octanol–water partition coefficient (Wildman–Crippen LogP) is 2.20. The Balaban J connectivity index is 1.96. The molecule has 1 aliphatic carbocycles. The van der Waals surface area contributed by atoms with Crippen LogP contribution < -0.4 is 0 Å². The Morgan fingerprint density at radius 2 is 2.00 bits per heavy atom. The molecule has 1 saturated carbocycles. The van der Waals surface area contributed by atoms with Gasteiger partial charge in [0.1, 0.15) is 0 Å². The molecule has 116 valence electrons. The standard InChI is InChI=1S/C16H29NO3/c1-13-12-17(10-8-16(13,19)9-11-20-3)14(18)15(2)6-4-5-7-15/h13,19H,4-12H2,1-3H3. The Labute approximate surface area is 122 Å². The molecule has 2 rings (SSSR count). The first-order chi connectivity index (χ1) is 9.41. The highest BCUT2D eigenvalue weighted by Gasteiger charge is 2.44. The fourth-order valence-electron chi connectivity index (χ4n) is 3.75. The SMILES string of the molecule is COCCC1(O)CCN(C(=O)C2(C)CCCC2)CC1C. The van der Waals surface area contributed by atoms with Gasteiger partial charge in [-0.1, -0.05) is 26.7 Å². The van der Waals surface area contributed by atoms with Crippen LogP contribution in [0.4, 0.5) is 0 Å². The molecule has 0 aromatic heterocycles. The lowest BCUT2D eigenvalue weighted by Gasteiger charge is -2.45. The van der Waals surface area contributed by atoms with E-state index in [0.29, 0.717) is 38.4 Å². The van der Waals surface area contributed by atoms with Gasteiger partial charge in [-0.05, 0) is 25.7 Å². The van der Waals surface area contributed by atoms with Crippen molar-refractivity contribution in [2.75, 3.05) is 26.8 Å². The minimum atomic E-state index is -0.677. The van der Waals surface area contributed by atoms with E-state index >= 15 is 0 Å². The number of piperidine rings is 1. The normalized spacial score (nSPS) is 33.4. The number of aliphatic hydroxyl groups is 1. The van der Waals surface area contributed by atoms with E-state index in [-0.39, 0.29) is 11.3 Å². The number of hydrogen-bond acceptors (Lipinski definition) is 3. The van der Waals surface area contributed by atoms with Gasteiger partial charge in [0.15, 0.2) is 0 Å². The molecule has 20 heavy (non-hydrogen) atoms. The maximum Gasteiger partial charge on any atom is 0.228 e. The highest BCUT2D eigenvalue weighted by Crippen LogP contribution is 2.41. The van der Waals surface area contributed by atoms with Gasteiger partial charge < -0.3 is 14.7 Å². The van der Waals surface area contributed by atoms with Crippen LogP contribution in [0.15, 0.2) is 0 Å². The van der Waals surface area contributed by atoms with Crippen LogP contribution in [0.1, 0.15) is 52.4 Å². The van der Waals surface area contributed by atoms with E-state index in [0.717, 1.165) is 12.8 Å². The van der Waals surface area contributed by atoms with E-state index in [4.69, 9.17) is 4.74 Å². The highest BCUT2D eigenvalue weighted by atomic mass is 16.5. The summed E-state index contributed by atoms with van der Waals surface area (Å²) in [5, 5.41) is 10.7. The topological polar surface area (TPSA) is 49.8 Å². The van der Waals surface area contributed by atoms with Gasteiger partial charge in [0.05, 0.1) is 5.60 Å². The average Bonchev–Trinajstić information content (AvgIpc) is 2.87. The summed E-state index contributed by atoms with van der Waals surface area (Å²) in [5.74, 6) is 0.413. The molecule has 4 nitrogen and oxygen atoms in total. The molecular formula is C16H29NO3. The van der Waals surface area contributed by atoms with Crippen LogP contribution >= 0.6 is 0 Å². The van der Waals surface area contributed by atoms with E-state index < -0.39 is 5.60 Å². The smallest absolute Gasteiger partial charge is 0.228 e. The van der Waals surface area contributed by atoms with E-state index in [1.807, 2.05) is 11.8 Å². The van der Waals surface area contributed by atoms with Crippen LogP contribution in [0.25, 0.3) is 0 Å². The van der Waals surface area contributed by atoms with E-state index in [1.165, 1.54) is 12.8 Å². The van der Waals surface area contributed by atoms with Crippen LogP contribution in [-0.2, 0) is 9.53 Å². The maximum atomic E-state index is 12.7. The number of methoxy groups -OCH3 is 1. The van der Waals surface area contributed by atoms with Crippen molar-refractivity contribution in [3.63, 3.8) is 0 Å². The molecule has 0 spiro atoms. The minimum absolute atomic E-state index is 0.111. The van der Waals surface area contributed by atoms with Gasteiger partial charge in [0.2, 0.25) is 5.91 Å². The summed E-state index contributed by atoms with van der Waals surface area (Å²) in [7, 11) is 1.66. The molecule has 0 bridgehead atoms. The summed E-state index contributed by atoms with van der Waals surface area (Å²) in [4.78, 5) is 14.7. The highest BCUT2D eigenvalue weighted by molar-refractivity contribution is 5.82. The van der Waals surface area contributed by atoms with Gasteiger partial charge in [-0.3, -0.25) is 4.79 Å². The first-order valence-corrected chi connectivity index (χ1v) is 7.92. The fourth-order valence-corrected chi connectivity index (χ4v) is 3.75. The number of hydrogen-bond donors (Lipinski definition) is 1. The zero-order valence-electron chi connectivity index (χ0n) is 13.2. The molecule has 4 heteroatoms. The van der Waals surface area contributed by atoms with Crippen molar-refractivity contribution in [2.45, 2.75) is 58.0 Å². The Morgan fingerprint density at radius 3 is 2.55 bits per heavy atom. The Hall–Kier alpha value is -0.610. The predicted molar refractivity (Wildman–Crippen MR) is 78.4 cm³/mol. The van der Waals surface area contributed by atoms with Crippen molar-refractivity contribution >= 4 is 5.91 Å². The first-order valence-electron chi connectivity index (χ1n) is 7.92. The number of likely N-dealkylation sites (tertiary alicyclic amines) is 1. The summed E-state index contributed by atoms with van der Waals surface area (Å²) in [6, 6.07) is 0. The summed E-state index contributed by atoms with van der Waals surface area (Å²) in [5.41, 5.74) is -0.828. The maximum absolute atomic E-state index is 12.7. The molecule has 0 aromatic rings. The van der Waals surface area contributed by atoms with E-state index in [2.05, 4.69) is 6.92 Å². The molecule has 0 radical (unpaired) electrons. The fraction of sp³-hybridized carbons (Fsp3) is 0.938. The van der Waals surface area contributed by atoms with Gasteiger partial charge in [-0.15, -0.1) is 0 Å². The lowest BCUT2D eigenvalue weighted by Crippen LogP contribution is -2.55. The zero-order valence-corrected chi connectivity index (χ0v) is 13.2. The number of carbonyl (C=O) groups excluding carboxylic acids is 1. The number of nitrogens with zero attached hydrogens (tertiary/aromatic N) is 1. The number of rotatable bonds is 4. The lowest BCUT2D eigenvalue weighted by molar-refractivity contribution is -0.150. The minimum Gasteiger partial charge on any atom is -0.389 e. The molecule has 1 amide bonds. The third kappa shape index (κ3) is 3.01. The quantitative estimate of drug-likeness (QED) is 0.860. The van der Waals surface area contributed by atoms with Crippen molar-refractivity contribution in [3.8, 4) is 0 Å². The Morgan fingerprint density at radius 1 is 1.35 bits per heavy atom. The van der Waals surface area contributed by atoms with Crippen LogP contribution in [0.2, 0.25) is 0 Å². The van der Waals surface area contributed by atoms with E-state index in [9.17, 15) is 9.90 Å². The number of carbonyl (C=O) groups is 1. The van der Waals surface area contributed by atoms with E-state index in [1.54, 1.807) is 7.11 Å². The largest absolute Gasteiger partial charge is 0.389 e. The van der Waals surface area contributed by atoms with Crippen molar-refractivity contribution in [1.29, 1.82) is 0 Å². The van der Waals surface area contributed by atoms with Crippen LogP contribution in [0.5, 0.6) is 0 Å². The molecule has 1 heterocycles. The third-order valence-electron chi connectivity index (χ3n) is 5.48. The van der Waals surface area contributed by atoms with Gasteiger partial charge >= 0.3 is 0 Å². The second-order valence-electron chi connectivity index (χ2n) is 7.02. The Kier molecular flexibility index (Phi) is 4.75. The molecule has 0 aromatic carbocycles. The number of amides is 1. The number of ether oxygens (including phenoxy) is 1. The van der Waals surface area contributed by atoms with Gasteiger partial charge in [0.25, 0.3) is 0 Å². The summed E-state index contributed by atoms with van der Waals surface area (Å²) >= 11 is 0. The van der Waals surface area contributed by atoms with Gasteiger partial charge in [-0.25, -0.2) is 0 Å². The molecule has 2 atom stereocenters. The summed E-state index contributed by atoms with van der Waals surface area (Å²) in [6.45, 7) is 6.09. The lowest BCUT2D eigenvalue weighted by atomic mass is 9.78. The van der Waals surface area contributed by atoms with Crippen LogP contribution in [0.3, 0.4) is 0 Å². The first kappa shape index (κ1) is 15.8. The summed E-state index contributed by atoms with van der Waals surface area (Å²) in [6.07, 6.45) is 5.70. The molecular weight excluding hydrogens is 254 g/mol. The van der Waals surface area contributed by atoms with Crippen molar-refractivity contribution in [1.82, 2.24) is 4.90 Å². The molecule has 1 saturated heterocycles. The third-order valence-corrected chi connectivity index (χ3v) is 5.48. The van der Waals surface area contributed by atoms with Crippen molar-refractivity contribution in [3.05, 3.63) is 0 Å². The van der Waals surface area contributed by atoms with Crippen LogP contribution in [-0.4, -0.2) is 48.3 Å². The van der Waals surface area contributed by atoms with Crippen molar-refractivity contribution in [2.24, 2.45) is 11.3 Å². The second kappa shape index (κ2) is 6.02. The van der Waals surface area contributed by atoms with Gasteiger partial charge in [-0.2, -0.15) is 0 Å². The molecule has 2 aliphatic rings. The molecule has 2 unspecified atom stereocenters. The summed E-state index contributed by atoms with van der Waals surface area (Å²) < 4.78 is 5.09. The van der Waals surface area contributed by atoms with Crippen molar-refractivity contribution < 1.29 is 14.6 Å². The van der Waals surface area contributed by atoms with Gasteiger partial charge in [0, 0.05) is 38.1 Å². The molecule has 2 fully saturated rings.